The molecule has 1 aromatic heterocycles. The highest BCUT2D eigenvalue weighted by Gasteiger charge is 2.30. The zero-order valence-corrected chi connectivity index (χ0v) is 22.5. The van der Waals surface area contributed by atoms with Gasteiger partial charge >= 0.3 is 17.8 Å². The van der Waals surface area contributed by atoms with Gasteiger partial charge in [0.1, 0.15) is 17.4 Å². The number of rotatable bonds is 11. The fourth-order valence-corrected chi connectivity index (χ4v) is 4.25. The van der Waals surface area contributed by atoms with E-state index in [2.05, 4.69) is 5.10 Å². The van der Waals surface area contributed by atoms with Gasteiger partial charge in [-0.1, -0.05) is 30.3 Å². The Balaban J connectivity index is 1.52. The average molecular weight is 572 g/mol. The molecule has 0 saturated carbocycles. The van der Waals surface area contributed by atoms with Gasteiger partial charge in [-0.15, -0.1) is 5.10 Å². The van der Waals surface area contributed by atoms with Crippen LogP contribution in [0.15, 0.2) is 77.6 Å². The standard InChI is InChI=1S/C30H29F4N3O4/c1-29(2,27(38)39)41-24-16-10-20(11-17-24)6-5-9-26-35-37(23-14-12-22(13-15-23)30(32,33)34)28(40)36(26)19-18-21-7-3-4-8-25(21)31/h3-4,7-8,10-17H,5-6,9,18-19H2,1-2H3,(H,38,39). The molecule has 0 unspecified atom stereocenters. The minimum absolute atomic E-state index is 0.140. The molecular weight excluding hydrogens is 542 g/mol. The Hall–Kier alpha value is -4.41. The Morgan fingerprint density at radius 3 is 2.20 bits per heavy atom. The number of aromatic nitrogens is 3. The van der Waals surface area contributed by atoms with Crippen molar-refractivity contribution < 1.29 is 32.2 Å². The molecule has 0 aliphatic heterocycles. The van der Waals surface area contributed by atoms with Gasteiger partial charge in [-0.25, -0.2) is 14.0 Å². The lowest BCUT2D eigenvalue weighted by Crippen LogP contribution is -2.37. The Morgan fingerprint density at radius 1 is 0.927 bits per heavy atom. The molecule has 7 nitrogen and oxygen atoms in total. The van der Waals surface area contributed by atoms with Crippen LogP contribution in [0.2, 0.25) is 0 Å². The summed E-state index contributed by atoms with van der Waals surface area (Å²) in [7, 11) is 0. The van der Waals surface area contributed by atoms with Crippen molar-refractivity contribution in [2.45, 2.75) is 57.9 Å². The van der Waals surface area contributed by atoms with Gasteiger partial charge in [0.05, 0.1) is 11.3 Å². The SMILES string of the molecule is CC(C)(Oc1ccc(CCCc2nn(-c3ccc(C(F)(F)F)cc3)c(=O)n2CCc2ccccc2F)cc1)C(=O)O. The van der Waals surface area contributed by atoms with E-state index in [-0.39, 0.29) is 18.7 Å². The van der Waals surface area contributed by atoms with Gasteiger partial charge in [0.25, 0.3) is 0 Å². The van der Waals surface area contributed by atoms with Crippen LogP contribution in [-0.2, 0) is 36.8 Å². The zero-order valence-electron chi connectivity index (χ0n) is 22.5. The van der Waals surface area contributed by atoms with Crippen molar-refractivity contribution >= 4 is 5.97 Å². The van der Waals surface area contributed by atoms with Gasteiger partial charge in [0.2, 0.25) is 0 Å². The molecule has 1 heterocycles. The van der Waals surface area contributed by atoms with E-state index < -0.39 is 34.8 Å². The molecule has 41 heavy (non-hydrogen) atoms. The topological polar surface area (TPSA) is 86.4 Å². The van der Waals surface area contributed by atoms with Crippen LogP contribution >= 0.6 is 0 Å². The Labute approximate surface area is 233 Å². The van der Waals surface area contributed by atoms with Crippen LogP contribution in [0, 0.1) is 5.82 Å². The van der Waals surface area contributed by atoms with Gasteiger partial charge in [0, 0.05) is 13.0 Å². The van der Waals surface area contributed by atoms with Crippen molar-refractivity contribution in [2.24, 2.45) is 0 Å². The maximum absolute atomic E-state index is 14.2. The summed E-state index contributed by atoms with van der Waals surface area (Å²) in [6.07, 6.45) is -2.71. The van der Waals surface area contributed by atoms with Crippen molar-refractivity contribution in [1.29, 1.82) is 0 Å². The van der Waals surface area contributed by atoms with Gasteiger partial charge in [0.15, 0.2) is 5.60 Å². The third kappa shape index (κ3) is 7.22. The van der Waals surface area contributed by atoms with Crippen molar-refractivity contribution in [2.75, 3.05) is 0 Å². The first-order valence-electron chi connectivity index (χ1n) is 13.0. The number of aryl methyl sites for hydroxylation is 3. The number of aliphatic carboxylic acids is 1. The number of alkyl halides is 3. The number of nitrogens with zero attached hydrogens (tertiary/aromatic N) is 3. The molecule has 0 fully saturated rings. The van der Waals surface area contributed by atoms with E-state index in [9.17, 15) is 32.3 Å². The second kappa shape index (κ2) is 12.0. The monoisotopic (exact) mass is 571 g/mol. The van der Waals surface area contributed by atoms with Crippen LogP contribution in [0.1, 0.15) is 42.8 Å². The van der Waals surface area contributed by atoms with Gasteiger partial charge in [-0.2, -0.15) is 17.9 Å². The molecule has 4 aromatic rings. The Bertz CT molecular complexity index is 1560. The second-order valence-electron chi connectivity index (χ2n) is 10.1. The molecule has 0 bridgehead atoms. The first-order valence-corrected chi connectivity index (χ1v) is 13.0. The maximum atomic E-state index is 14.2. The molecule has 11 heteroatoms. The minimum atomic E-state index is -4.51. The van der Waals surface area contributed by atoms with Crippen LogP contribution in [-0.4, -0.2) is 31.0 Å². The summed E-state index contributed by atoms with van der Waals surface area (Å²) in [5.41, 5.74) is -1.17. The summed E-state index contributed by atoms with van der Waals surface area (Å²) >= 11 is 0. The van der Waals surface area contributed by atoms with Gasteiger partial charge in [-0.3, -0.25) is 4.57 Å². The van der Waals surface area contributed by atoms with E-state index in [0.29, 0.717) is 36.4 Å². The average Bonchev–Trinajstić information content (AvgIpc) is 3.23. The lowest BCUT2D eigenvalue weighted by Gasteiger charge is -2.21. The number of hydrogen-bond donors (Lipinski definition) is 1. The Kier molecular flexibility index (Phi) is 8.65. The highest BCUT2D eigenvalue weighted by atomic mass is 19.4. The van der Waals surface area contributed by atoms with Crippen molar-refractivity contribution in [3.8, 4) is 11.4 Å². The van der Waals surface area contributed by atoms with Gasteiger partial charge < -0.3 is 9.84 Å². The number of halogens is 4. The predicted octanol–water partition coefficient (Wildman–Crippen LogP) is 5.85. The fraction of sp³-hybridized carbons (Fsp3) is 0.300. The third-order valence-electron chi connectivity index (χ3n) is 6.62. The molecule has 0 amide bonds. The maximum Gasteiger partial charge on any atom is 0.416 e. The number of benzene rings is 3. The number of hydrogen-bond acceptors (Lipinski definition) is 4. The number of carbonyl (C=O) groups is 1. The summed E-state index contributed by atoms with van der Waals surface area (Å²) < 4.78 is 61.3. The van der Waals surface area contributed by atoms with Crippen LogP contribution in [0.4, 0.5) is 17.6 Å². The van der Waals surface area contributed by atoms with E-state index in [1.807, 2.05) is 12.1 Å². The van der Waals surface area contributed by atoms with Gasteiger partial charge in [-0.05, 0) is 86.7 Å². The molecular formula is C30H29F4N3O4. The normalized spacial score (nSPS) is 12.0. The number of ether oxygens (including phenoxy) is 1. The molecule has 3 aromatic carbocycles. The lowest BCUT2D eigenvalue weighted by molar-refractivity contribution is -0.152. The van der Waals surface area contributed by atoms with Crippen molar-refractivity contribution in [3.05, 3.63) is 112 Å². The van der Waals surface area contributed by atoms with Crippen LogP contribution in [0.25, 0.3) is 5.69 Å². The summed E-state index contributed by atoms with van der Waals surface area (Å²) in [5.74, 6) is -0.637. The molecule has 0 radical (unpaired) electrons. The highest BCUT2D eigenvalue weighted by Crippen LogP contribution is 2.29. The number of carboxylic acid groups (broad SMARTS) is 1. The summed E-state index contributed by atoms with van der Waals surface area (Å²) in [4.78, 5) is 24.6. The lowest BCUT2D eigenvalue weighted by atomic mass is 10.1. The molecule has 1 N–H and O–H groups in total. The van der Waals surface area contributed by atoms with Crippen molar-refractivity contribution in [3.63, 3.8) is 0 Å². The summed E-state index contributed by atoms with van der Waals surface area (Å²) in [6.45, 7) is 3.05. The first kappa shape index (κ1) is 29.6. The number of carboxylic acids is 1. The van der Waals surface area contributed by atoms with E-state index in [0.717, 1.165) is 22.4 Å². The van der Waals surface area contributed by atoms with E-state index in [1.165, 1.54) is 36.6 Å². The van der Waals surface area contributed by atoms with E-state index in [4.69, 9.17) is 4.74 Å². The second-order valence-corrected chi connectivity index (χ2v) is 10.1. The van der Waals surface area contributed by atoms with Crippen LogP contribution in [0.3, 0.4) is 0 Å². The highest BCUT2D eigenvalue weighted by molar-refractivity contribution is 5.76. The molecule has 0 spiro atoms. The Morgan fingerprint density at radius 2 is 1.59 bits per heavy atom. The molecule has 0 aliphatic rings. The van der Waals surface area contributed by atoms with E-state index >= 15 is 0 Å². The fourth-order valence-electron chi connectivity index (χ4n) is 4.25. The zero-order chi connectivity index (χ0) is 29.8. The first-order chi connectivity index (χ1) is 19.3. The molecule has 0 aliphatic carbocycles. The largest absolute Gasteiger partial charge is 0.478 e. The summed E-state index contributed by atoms with van der Waals surface area (Å²) in [6, 6.07) is 17.4. The van der Waals surface area contributed by atoms with Crippen molar-refractivity contribution in [1.82, 2.24) is 14.3 Å². The molecule has 216 valence electrons. The predicted molar refractivity (Wildman–Crippen MR) is 144 cm³/mol. The minimum Gasteiger partial charge on any atom is -0.478 e. The van der Waals surface area contributed by atoms with Crippen LogP contribution < -0.4 is 10.4 Å². The smallest absolute Gasteiger partial charge is 0.416 e. The molecule has 0 saturated heterocycles. The quantitative estimate of drug-likeness (QED) is 0.228. The van der Waals surface area contributed by atoms with E-state index in [1.54, 1.807) is 30.3 Å². The molecule has 0 atom stereocenters. The van der Waals surface area contributed by atoms with Crippen LogP contribution in [0.5, 0.6) is 5.75 Å². The third-order valence-corrected chi connectivity index (χ3v) is 6.62. The molecule has 4 rings (SSSR count). The summed E-state index contributed by atoms with van der Waals surface area (Å²) in [5, 5.41) is 13.7.